The second kappa shape index (κ2) is 6.89. The van der Waals surface area contributed by atoms with Crippen LogP contribution in [0.15, 0.2) is 0 Å². The van der Waals surface area contributed by atoms with Gasteiger partial charge in [0.1, 0.15) is 0 Å². The smallest absolute Gasteiger partial charge is 0.241 e. The molecule has 0 heterocycles. The second-order valence-corrected chi connectivity index (χ2v) is 5.71. The minimum atomic E-state index is -0.415. The van der Waals surface area contributed by atoms with Gasteiger partial charge in [-0.3, -0.25) is 9.59 Å². The zero-order valence-electron chi connectivity index (χ0n) is 12.4. The highest BCUT2D eigenvalue weighted by molar-refractivity contribution is 5.88. The first kappa shape index (κ1) is 16.0. The summed E-state index contributed by atoms with van der Waals surface area (Å²) < 4.78 is 0. The summed E-state index contributed by atoms with van der Waals surface area (Å²) in [6.07, 6.45) is 4.69. The molecular weight excluding hydrogens is 242 g/mol. The standard InChI is InChI=1S/C14H27N3O2/c1-4-9-17(10-12(18)16(2)3)13(19)14(11-15)7-5-6-8-14/h4-11,15H2,1-3H3. The maximum atomic E-state index is 12.7. The van der Waals surface area contributed by atoms with Crippen LogP contribution in [0, 0.1) is 5.41 Å². The van der Waals surface area contributed by atoms with Gasteiger partial charge in [0.25, 0.3) is 0 Å². The monoisotopic (exact) mass is 269 g/mol. The molecule has 1 fully saturated rings. The molecule has 0 unspecified atom stereocenters. The number of carbonyl (C=O) groups excluding carboxylic acids is 2. The number of amides is 2. The Morgan fingerprint density at radius 1 is 1.21 bits per heavy atom. The molecule has 5 nitrogen and oxygen atoms in total. The normalized spacial score (nSPS) is 17.3. The fourth-order valence-electron chi connectivity index (χ4n) is 2.72. The Morgan fingerprint density at radius 3 is 2.21 bits per heavy atom. The lowest BCUT2D eigenvalue weighted by Crippen LogP contribution is -2.50. The van der Waals surface area contributed by atoms with E-state index in [0.29, 0.717) is 13.1 Å². The number of carbonyl (C=O) groups is 2. The van der Waals surface area contributed by atoms with Gasteiger partial charge >= 0.3 is 0 Å². The molecule has 1 saturated carbocycles. The van der Waals surface area contributed by atoms with Crippen LogP contribution in [-0.4, -0.2) is 55.3 Å². The highest BCUT2D eigenvalue weighted by Crippen LogP contribution is 2.38. The Kier molecular flexibility index (Phi) is 5.79. The predicted molar refractivity (Wildman–Crippen MR) is 75.5 cm³/mol. The Balaban J connectivity index is 2.79. The van der Waals surface area contributed by atoms with Crippen LogP contribution in [0.3, 0.4) is 0 Å². The summed E-state index contributed by atoms with van der Waals surface area (Å²) in [4.78, 5) is 27.8. The number of nitrogens with two attached hydrogens (primary N) is 1. The molecule has 19 heavy (non-hydrogen) atoms. The maximum absolute atomic E-state index is 12.7. The minimum absolute atomic E-state index is 0.0352. The van der Waals surface area contributed by atoms with E-state index in [0.717, 1.165) is 32.1 Å². The molecule has 110 valence electrons. The van der Waals surface area contributed by atoms with Crippen molar-refractivity contribution in [1.29, 1.82) is 0 Å². The molecule has 2 N–H and O–H groups in total. The van der Waals surface area contributed by atoms with Crippen molar-refractivity contribution in [1.82, 2.24) is 9.80 Å². The molecule has 0 spiro atoms. The molecule has 0 radical (unpaired) electrons. The van der Waals surface area contributed by atoms with E-state index < -0.39 is 5.41 Å². The van der Waals surface area contributed by atoms with Crippen LogP contribution in [0.5, 0.6) is 0 Å². The van der Waals surface area contributed by atoms with Gasteiger partial charge in [0.2, 0.25) is 11.8 Å². The average Bonchev–Trinajstić information content (AvgIpc) is 2.87. The van der Waals surface area contributed by atoms with Crippen molar-refractivity contribution >= 4 is 11.8 Å². The summed E-state index contributed by atoms with van der Waals surface area (Å²) in [5.41, 5.74) is 5.44. The molecule has 1 aliphatic rings. The van der Waals surface area contributed by atoms with Crippen molar-refractivity contribution in [3.05, 3.63) is 0 Å². The summed E-state index contributed by atoms with van der Waals surface area (Å²) in [6.45, 7) is 3.20. The number of likely N-dealkylation sites (N-methyl/N-ethyl adjacent to an activating group) is 1. The summed E-state index contributed by atoms with van der Waals surface area (Å²) in [5.74, 6) is 0.0384. The molecule has 0 atom stereocenters. The van der Waals surface area contributed by atoms with E-state index >= 15 is 0 Å². The number of hydrogen-bond donors (Lipinski definition) is 1. The molecular formula is C14H27N3O2. The Bertz CT molecular complexity index is 323. The molecule has 0 saturated heterocycles. The molecule has 1 aliphatic carbocycles. The van der Waals surface area contributed by atoms with Crippen molar-refractivity contribution in [2.24, 2.45) is 11.1 Å². The Labute approximate surface area is 116 Å². The molecule has 0 aromatic rings. The lowest BCUT2D eigenvalue weighted by Gasteiger charge is -2.33. The van der Waals surface area contributed by atoms with E-state index in [4.69, 9.17) is 5.73 Å². The quantitative estimate of drug-likeness (QED) is 0.777. The molecule has 2 amide bonds. The topological polar surface area (TPSA) is 66.6 Å². The third-order valence-corrected chi connectivity index (χ3v) is 4.01. The van der Waals surface area contributed by atoms with Gasteiger partial charge in [-0.15, -0.1) is 0 Å². The van der Waals surface area contributed by atoms with Gasteiger partial charge in [-0.05, 0) is 19.3 Å². The van der Waals surface area contributed by atoms with Gasteiger partial charge in [0.15, 0.2) is 0 Å². The van der Waals surface area contributed by atoms with Crippen LogP contribution < -0.4 is 5.73 Å². The zero-order valence-corrected chi connectivity index (χ0v) is 12.4. The summed E-state index contributed by atoms with van der Waals surface area (Å²) in [6, 6.07) is 0. The summed E-state index contributed by atoms with van der Waals surface area (Å²) >= 11 is 0. The van der Waals surface area contributed by atoms with E-state index in [1.165, 1.54) is 4.90 Å². The van der Waals surface area contributed by atoms with Gasteiger partial charge in [-0.25, -0.2) is 0 Å². The lowest BCUT2D eigenvalue weighted by molar-refractivity contribution is -0.146. The number of nitrogens with zero attached hydrogens (tertiary/aromatic N) is 2. The van der Waals surface area contributed by atoms with E-state index in [1.54, 1.807) is 19.0 Å². The Morgan fingerprint density at radius 2 is 1.79 bits per heavy atom. The summed E-state index contributed by atoms with van der Waals surface area (Å²) in [5, 5.41) is 0. The number of rotatable bonds is 6. The first-order valence-electron chi connectivity index (χ1n) is 7.16. The fourth-order valence-corrected chi connectivity index (χ4v) is 2.72. The van der Waals surface area contributed by atoms with E-state index in [1.807, 2.05) is 6.92 Å². The van der Waals surface area contributed by atoms with Gasteiger partial charge in [-0.1, -0.05) is 19.8 Å². The molecule has 5 heteroatoms. The van der Waals surface area contributed by atoms with Gasteiger partial charge in [0.05, 0.1) is 12.0 Å². The Hall–Kier alpha value is -1.10. The largest absolute Gasteiger partial charge is 0.347 e. The molecule has 1 rings (SSSR count). The van der Waals surface area contributed by atoms with E-state index in [2.05, 4.69) is 0 Å². The zero-order chi connectivity index (χ0) is 14.5. The molecule has 0 aromatic carbocycles. The van der Waals surface area contributed by atoms with Crippen molar-refractivity contribution in [3.63, 3.8) is 0 Å². The van der Waals surface area contributed by atoms with Crippen molar-refractivity contribution in [2.45, 2.75) is 39.0 Å². The van der Waals surface area contributed by atoms with Gasteiger partial charge in [-0.2, -0.15) is 0 Å². The van der Waals surface area contributed by atoms with Crippen LogP contribution >= 0.6 is 0 Å². The van der Waals surface area contributed by atoms with Crippen LogP contribution in [0.25, 0.3) is 0 Å². The van der Waals surface area contributed by atoms with E-state index in [9.17, 15) is 9.59 Å². The van der Waals surface area contributed by atoms with Crippen molar-refractivity contribution in [2.75, 3.05) is 33.7 Å². The van der Waals surface area contributed by atoms with Crippen LogP contribution in [-0.2, 0) is 9.59 Å². The highest BCUT2D eigenvalue weighted by Gasteiger charge is 2.42. The van der Waals surface area contributed by atoms with E-state index in [-0.39, 0.29) is 18.4 Å². The molecule has 0 aromatic heterocycles. The van der Waals surface area contributed by atoms with Crippen LogP contribution in [0.1, 0.15) is 39.0 Å². The SMILES string of the molecule is CCCN(CC(=O)N(C)C)C(=O)C1(CN)CCCC1. The van der Waals surface area contributed by atoms with Crippen molar-refractivity contribution < 1.29 is 9.59 Å². The van der Waals surface area contributed by atoms with Crippen LogP contribution in [0.4, 0.5) is 0 Å². The summed E-state index contributed by atoms with van der Waals surface area (Å²) in [7, 11) is 3.43. The fraction of sp³-hybridized carbons (Fsp3) is 0.857. The first-order chi connectivity index (χ1) is 8.96. The molecule has 0 aliphatic heterocycles. The predicted octanol–water partition coefficient (Wildman–Crippen LogP) is 0.832. The minimum Gasteiger partial charge on any atom is -0.347 e. The van der Waals surface area contributed by atoms with Gasteiger partial charge < -0.3 is 15.5 Å². The van der Waals surface area contributed by atoms with Gasteiger partial charge in [0, 0.05) is 27.2 Å². The maximum Gasteiger partial charge on any atom is 0.241 e. The average molecular weight is 269 g/mol. The third-order valence-electron chi connectivity index (χ3n) is 4.01. The van der Waals surface area contributed by atoms with Crippen LogP contribution in [0.2, 0.25) is 0 Å². The number of hydrogen-bond acceptors (Lipinski definition) is 3. The lowest BCUT2D eigenvalue weighted by atomic mass is 9.84. The third kappa shape index (κ3) is 3.69. The first-order valence-corrected chi connectivity index (χ1v) is 7.16. The van der Waals surface area contributed by atoms with Crippen molar-refractivity contribution in [3.8, 4) is 0 Å². The highest BCUT2D eigenvalue weighted by atomic mass is 16.2. The second-order valence-electron chi connectivity index (χ2n) is 5.71. The molecule has 0 bridgehead atoms.